The Hall–Kier alpha value is -1.93. The number of carboxylic acid groups (broad SMARTS) is 1. The number of aliphatic carboxylic acids is 1. The van der Waals surface area contributed by atoms with E-state index in [0.717, 1.165) is 0 Å². The molecule has 2 aromatic heterocycles. The van der Waals surface area contributed by atoms with Crippen molar-refractivity contribution in [3.05, 3.63) is 24.5 Å². The summed E-state index contributed by atoms with van der Waals surface area (Å²) in [7, 11) is -3.97. The smallest absolute Gasteiger partial charge is 0.322 e. The highest BCUT2D eigenvalue weighted by molar-refractivity contribution is 7.89. The number of hydrogen-bond acceptors (Lipinski definition) is 4. The summed E-state index contributed by atoms with van der Waals surface area (Å²) < 4.78 is 27.1. The number of H-pyrrole nitrogens is 1. The molecule has 114 valence electrons. The molecule has 0 aromatic carbocycles. The molecule has 0 aliphatic rings. The van der Waals surface area contributed by atoms with Crippen molar-refractivity contribution < 1.29 is 18.3 Å². The van der Waals surface area contributed by atoms with E-state index in [-0.39, 0.29) is 4.90 Å². The van der Waals surface area contributed by atoms with Gasteiger partial charge in [-0.25, -0.2) is 13.4 Å². The maximum Gasteiger partial charge on any atom is 0.322 e. The van der Waals surface area contributed by atoms with Crippen LogP contribution in [0.4, 0.5) is 0 Å². The van der Waals surface area contributed by atoms with Gasteiger partial charge in [0.2, 0.25) is 10.0 Å². The molecule has 3 N–H and O–H groups in total. The molecular weight excluding hydrogens is 294 g/mol. The largest absolute Gasteiger partial charge is 0.480 e. The third kappa shape index (κ3) is 3.06. The Balaban J connectivity index is 2.45. The molecule has 0 aliphatic carbocycles. The van der Waals surface area contributed by atoms with Crippen molar-refractivity contribution in [2.45, 2.75) is 31.7 Å². The molecule has 0 bridgehead atoms. The number of aromatic nitrogens is 2. The van der Waals surface area contributed by atoms with Crippen LogP contribution in [0.2, 0.25) is 0 Å². The highest BCUT2D eigenvalue weighted by atomic mass is 32.2. The zero-order valence-corrected chi connectivity index (χ0v) is 12.7. The predicted molar refractivity (Wildman–Crippen MR) is 77.3 cm³/mol. The van der Waals surface area contributed by atoms with Crippen LogP contribution < -0.4 is 4.72 Å². The summed E-state index contributed by atoms with van der Waals surface area (Å²) in [5, 5.41) is 9.66. The van der Waals surface area contributed by atoms with Crippen molar-refractivity contribution in [1.82, 2.24) is 14.7 Å². The maximum absolute atomic E-state index is 12.4. The lowest BCUT2D eigenvalue weighted by Gasteiger charge is -2.27. The van der Waals surface area contributed by atoms with Crippen LogP contribution in [0.1, 0.15) is 20.8 Å². The lowest BCUT2D eigenvalue weighted by Crippen LogP contribution is -2.48. The fraction of sp³-hybridized carbons (Fsp3) is 0.385. The van der Waals surface area contributed by atoms with Crippen molar-refractivity contribution >= 4 is 27.0 Å². The highest BCUT2D eigenvalue weighted by Gasteiger charge is 2.36. The van der Waals surface area contributed by atoms with E-state index in [1.54, 1.807) is 32.9 Å². The molecule has 0 saturated heterocycles. The summed E-state index contributed by atoms with van der Waals surface area (Å²) in [5.41, 5.74) is -0.330. The Kier molecular flexibility index (Phi) is 3.77. The molecule has 0 unspecified atom stereocenters. The lowest BCUT2D eigenvalue weighted by molar-refractivity contribution is -0.141. The van der Waals surface area contributed by atoms with Gasteiger partial charge in [-0.2, -0.15) is 4.72 Å². The van der Waals surface area contributed by atoms with Crippen LogP contribution in [-0.2, 0) is 14.8 Å². The number of pyridine rings is 1. The zero-order valence-electron chi connectivity index (χ0n) is 11.9. The number of carbonyl (C=O) groups is 1. The van der Waals surface area contributed by atoms with Crippen molar-refractivity contribution in [2.24, 2.45) is 5.41 Å². The van der Waals surface area contributed by atoms with Crippen molar-refractivity contribution in [3.63, 3.8) is 0 Å². The average Bonchev–Trinajstić information content (AvgIpc) is 2.79. The molecule has 21 heavy (non-hydrogen) atoms. The number of carboxylic acids is 1. The minimum atomic E-state index is -3.97. The first-order chi connectivity index (χ1) is 9.63. The van der Waals surface area contributed by atoms with Gasteiger partial charge in [0.05, 0.1) is 0 Å². The molecule has 2 aromatic rings. The predicted octanol–water partition coefficient (Wildman–Crippen LogP) is 1.34. The lowest BCUT2D eigenvalue weighted by atomic mass is 9.88. The second-order valence-corrected chi connectivity index (χ2v) is 7.49. The number of nitrogens with one attached hydrogen (secondary N) is 2. The van der Waals surface area contributed by atoms with E-state index in [1.165, 1.54) is 12.4 Å². The molecule has 0 aliphatic heterocycles. The van der Waals surface area contributed by atoms with E-state index in [0.29, 0.717) is 11.0 Å². The molecule has 2 rings (SSSR count). The molecule has 1 atom stereocenters. The summed E-state index contributed by atoms with van der Waals surface area (Å²) in [5.74, 6) is -1.22. The molecular formula is C13H17N3O4S. The van der Waals surface area contributed by atoms with Crippen LogP contribution in [0.25, 0.3) is 11.0 Å². The Morgan fingerprint density at radius 2 is 2.10 bits per heavy atom. The molecule has 0 saturated carbocycles. The molecule has 0 radical (unpaired) electrons. The van der Waals surface area contributed by atoms with Gasteiger partial charge in [0.25, 0.3) is 0 Å². The third-order valence-electron chi connectivity index (χ3n) is 3.09. The van der Waals surface area contributed by atoms with Gasteiger partial charge in [0.1, 0.15) is 16.6 Å². The average molecular weight is 311 g/mol. The van der Waals surface area contributed by atoms with Gasteiger partial charge in [0.15, 0.2) is 0 Å². The Morgan fingerprint density at radius 1 is 1.43 bits per heavy atom. The van der Waals surface area contributed by atoms with Gasteiger partial charge in [-0.05, 0) is 17.5 Å². The molecule has 2 heterocycles. The van der Waals surface area contributed by atoms with E-state index in [4.69, 9.17) is 0 Å². The molecule has 0 fully saturated rings. The van der Waals surface area contributed by atoms with Gasteiger partial charge in [-0.1, -0.05) is 20.8 Å². The van der Waals surface area contributed by atoms with Crippen LogP contribution in [0.5, 0.6) is 0 Å². The summed E-state index contributed by atoms with van der Waals surface area (Å²) in [6, 6.07) is 2.00. The van der Waals surface area contributed by atoms with Gasteiger partial charge in [-0.3, -0.25) is 4.79 Å². The van der Waals surface area contributed by atoms with Crippen LogP contribution in [0.3, 0.4) is 0 Å². The first-order valence-electron chi connectivity index (χ1n) is 6.30. The monoisotopic (exact) mass is 311 g/mol. The van der Waals surface area contributed by atoms with Crippen LogP contribution in [0, 0.1) is 5.41 Å². The number of hydrogen-bond donors (Lipinski definition) is 3. The zero-order chi connectivity index (χ0) is 15.8. The minimum Gasteiger partial charge on any atom is -0.480 e. The Bertz CT molecular complexity index is 774. The number of rotatable bonds is 4. The topological polar surface area (TPSA) is 112 Å². The van der Waals surface area contributed by atoms with Crippen LogP contribution in [-0.4, -0.2) is 35.5 Å². The highest BCUT2D eigenvalue weighted by Crippen LogP contribution is 2.25. The molecule has 0 amide bonds. The Labute approximate surface area is 122 Å². The maximum atomic E-state index is 12.4. The molecule has 0 spiro atoms. The summed E-state index contributed by atoms with van der Waals surface area (Å²) in [6.45, 7) is 4.97. The normalized spacial score (nSPS) is 14.2. The van der Waals surface area contributed by atoms with Gasteiger partial charge in [0, 0.05) is 17.8 Å². The molecule has 8 heteroatoms. The quantitative estimate of drug-likeness (QED) is 0.789. The third-order valence-corrected chi connectivity index (χ3v) is 4.55. The summed E-state index contributed by atoms with van der Waals surface area (Å²) in [6.07, 6.45) is 2.85. The summed E-state index contributed by atoms with van der Waals surface area (Å²) >= 11 is 0. The first kappa shape index (κ1) is 15.5. The van der Waals surface area contributed by atoms with Crippen LogP contribution >= 0.6 is 0 Å². The Morgan fingerprint density at radius 3 is 2.67 bits per heavy atom. The summed E-state index contributed by atoms with van der Waals surface area (Å²) in [4.78, 5) is 18.1. The van der Waals surface area contributed by atoms with E-state index in [1.807, 2.05) is 0 Å². The van der Waals surface area contributed by atoms with E-state index < -0.39 is 27.4 Å². The van der Waals surface area contributed by atoms with Gasteiger partial charge >= 0.3 is 5.97 Å². The fourth-order valence-corrected chi connectivity index (χ4v) is 3.53. The van der Waals surface area contributed by atoms with Crippen molar-refractivity contribution in [2.75, 3.05) is 0 Å². The number of nitrogens with zero attached hydrogens (tertiary/aromatic N) is 1. The van der Waals surface area contributed by atoms with E-state index in [2.05, 4.69) is 14.7 Å². The SMILES string of the molecule is CC(C)(C)[C@@H](NS(=O)(=O)c1c[nH]c2ncccc12)C(=O)O. The van der Waals surface area contributed by atoms with Crippen molar-refractivity contribution in [1.29, 1.82) is 0 Å². The second kappa shape index (κ2) is 5.12. The molecule has 7 nitrogen and oxygen atoms in total. The minimum absolute atomic E-state index is 0.0129. The number of aromatic amines is 1. The second-order valence-electron chi connectivity index (χ2n) is 5.81. The first-order valence-corrected chi connectivity index (χ1v) is 7.78. The van der Waals surface area contributed by atoms with Gasteiger partial charge < -0.3 is 10.1 Å². The van der Waals surface area contributed by atoms with Crippen LogP contribution in [0.15, 0.2) is 29.4 Å². The van der Waals surface area contributed by atoms with E-state index in [9.17, 15) is 18.3 Å². The number of fused-ring (bicyclic) bond motifs is 1. The van der Waals surface area contributed by atoms with E-state index >= 15 is 0 Å². The van der Waals surface area contributed by atoms with Gasteiger partial charge in [-0.15, -0.1) is 0 Å². The fourth-order valence-electron chi connectivity index (χ4n) is 1.97. The standard InChI is InChI=1S/C13H17N3O4S/c1-13(2,3)10(12(17)18)16-21(19,20)9-7-15-11-8(9)5-4-6-14-11/h4-7,10,16H,1-3H3,(H,14,15)(H,17,18)/t10-/m0/s1. The van der Waals surface area contributed by atoms with Crippen molar-refractivity contribution in [3.8, 4) is 0 Å². The number of sulfonamides is 1.